The summed E-state index contributed by atoms with van der Waals surface area (Å²) in [5.41, 5.74) is 8.60. The van der Waals surface area contributed by atoms with Crippen LogP contribution in [0.2, 0.25) is 0 Å². The molecule has 0 spiro atoms. The summed E-state index contributed by atoms with van der Waals surface area (Å²) in [6, 6.07) is 8.24. The summed E-state index contributed by atoms with van der Waals surface area (Å²) in [6.07, 6.45) is 5.36. The smallest absolute Gasteiger partial charge is 0.111 e. The zero-order valence-electron chi connectivity index (χ0n) is 13.0. The zero-order valence-corrected chi connectivity index (χ0v) is 13.0. The van der Waals surface area contributed by atoms with Crippen molar-refractivity contribution in [1.29, 1.82) is 0 Å². The molecule has 0 saturated heterocycles. The molecule has 1 saturated carbocycles. The minimum absolute atomic E-state index is 0.00969. The first-order chi connectivity index (χ1) is 10.2. The third-order valence-electron chi connectivity index (χ3n) is 4.84. The molecule has 21 heavy (non-hydrogen) atoms. The molecule has 1 heterocycles. The predicted octanol–water partition coefficient (Wildman–Crippen LogP) is 2.79. The van der Waals surface area contributed by atoms with Crippen LogP contribution in [-0.4, -0.2) is 27.8 Å². The first-order valence-electron chi connectivity index (χ1n) is 7.96. The Balaban J connectivity index is 1.85. The van der Waals surface area contributed by atoms with E-state index in [1.165, 1.54) is 12.8 Å². The number of ether oxygens (including phenoxy) is 1. The lowest BCUT2D eigenvalue weighted by Crippen LogP contribution is -2.49. The molecule has 1 aliphatic carbocycles. The summed E-state index contributed by atoms with van der Waals surface area (Å²) in [5.74, 6) is 1.05. The minimum Gasteiger partial charge on any atom is -0.374 e. The molecule has 0 radical (unpaired) electrons. The molecule has 0 amide bonds. The second kappa shape index (κ2) is 5.78. The molecule has 1 atom stereocenters. The number of benzene rings is 1. The monoisotopic (exact) mass is 287 g/mol. The van der Waals surface area contributed by atoms with Gasteiger partial charge in [0.25, 0.3) is 0 Å². The van der Waals surface area contributed by atoms with Gasteiger partial charge >= 0.3 is 0 Å². The fourth-order valence-electron chi connectivity index (χ4n) is 3.64. The number of imidazole rings is 1. The van der Waals surface area contributed by atoms with Crippen molar-refractivity contribution < 1.29 is 4.74 Å². The standard InChI is InChI=1S/C17H25N3O/c1-3-21-17(10-6-7-11-17)15(18)12-16-19-13-8-4-5-9-14(13)20(16)2/h4-5,8-9,15H,3,6-7,10-12,18H2,1-2H3. The van der Waals surface area contributed by atoms with Gasteiger partial charge in [0.2, 0.25) is 0 Å². The molecule has 3 rings (SSSR count). The first kappa shape index (κ1) is 14.5. The van der Waals surface area contributed by atoms with Crippen LogP contribution in [0.15, 0.2) is 24.3 Å². The fraction of sp³-hybridized carbons (Fsp3) is 0.588. The minimum atomic E-state index is -0.146. The number of hydrogen-bond donors (Lipinski definition) is 1. The molecule has 0 bridgehead atoms. The van der Waals surface area contributed by atoms with Gasteiger partial charge in [0.15, 0.2) is 0 Å². The molecular formula is C17H25N3O. The topological polar surface area (TPSA) is 53.1 Å². The molecular weight excluding hydrogens is 262 g/mol. The molecule has 1 aromatic carbocycles. The Morgan fingerprint density at radius 1 is 1.33 bits per heavy atom. The van der Waals surface area contributed by atoms with Crippen LogP contribution in [0.3, 0.4) is 0 Å². The van der Waals surface area contributed by atoms with E-state index in [0.717, 1.165) is 42.7 Å². The van der Waals surface area contributed by atoms with E-state index >= 15 is 0 Å². The van der Waals surface area contributed by atoms with Gasteiger partial charge < -0.3 is 15.0 Å². The number of nitrogens with zero attached hydrogens (tertiary/aromatic N) is 2. The van der Waals surface area contributed by atoms with Gasteiger partial charge in [-0.1, -0.05) is 25.0 Å². The molecule has 1 unspecified atom stereocenters. The fourth-order valence-corrected chi connectivity index (χ4v) is 3.64. The van der Waals surface area contributed by atoms with Crippen molar-refractivity contribution in [1.82, 2.24) is 9.55 Å². The van der Waals surface area contributed by atoms with Gasteiger partial charge in [0.05, 0.1) is 16.6 Å². The lowest BCUT2D eigenvalue weighted by atomic mass is 9.90. The van der Waals surface area contributed by atoms with Gasteiger partial charge in [-0.15, -0.1) is 0 Å². The van der Waals surface area contributed by atoms with Crippen LogP contribution < -0.4 is 5.73 Å². The van der Waals surface area contributed by atoms with Crippen LogP contribution in [0, 0.1) is 0 Å². The predicted molar refractivity (Wildman–Crippen MR) is 85.2 cm³/mol. The number of aryl methyl sites for hydroxylation is 1. The summed E-state index contributed by atoms with van der Waals surface area (Å²) in [6.45, 7) is 2.79. The van der Waals surface area contributed by atoms with Gasteiger partial charge in [-0.3, -0.25) is 0 Å². The average Bonchev–Trinajstić information content (AvgIpc) is 3.07. The highest BCUT2D eigenvalue weighted by atomic mass is 16.5. The largest absolute Gasteiger partial charge is 0.374 e. The summed E-state index contributed by atoms with van der Waals surface area (Å²) < 4.78 is 8.23. The quantitative estimate of drug-likeness (QED) is 0.920. The molecule has 2 aromatic rings. The second-order valence-electron chi connectivity index (χ2n) is 6.09. The van der Waals surface area contributed by atoms with Crippen molar-refractivity contribution in [2.75, 3.05) is 6.61 Å². The summed E-state index contributed by atoms with van der Waals surface area (Å²) in [7, 11) is 2.07. The van der Waals surface area contributed by atoms with Gasteiger partial charge in [-0.2, -0.15) is 0 Å². The van der Waals surface area contributed by atoms with Crippen molar-refractivity contribution in [2.45, 2.75) is 50.7 Å². The highest BCUT2D eigenvalue weighted by Gasteiger charge is 2.40. The Morgan fingerprint density at radius 3 is 2.71 bits per heavy atom. The van der Waals surface area contributed by atoms with E-state index in [-0.39, 0.29) is 11.6 Å². The summed E-state index contributed by atoms with van der Waals surface area (Å²) >= 11 is 0. The zero-order chi connectivity index (χ0) is 14.9. The van der Waals surface area contributed by atoms with Crippen LogP contribution in [0.5, 0.6) is 0 Å². The average molecular weight is 287 g/mol. The lowest BCUT2D eigenvalue weighted by Gasteiger charge is -2.35. The number of nitrogens with two attached hydrogens (primary N) is 1. The molecule has 2 N–H and O–H groups in total. The Bertz CT molecular complexity index is 614. The molecule has 0 aliphatic heterocycles. The maximum absolute atomic E-state index is 6.54. The maximum atomic E-state index is 6.54. The van der Waals surface area contributed by atoms with E-state index in [9.17, 15) is 0 Å². The number of para-hydroxylation sites is 2. The Hall–Kier alpha value is -1.39. The van der Waals surface area contributed by atoms with E-state index in [4.69, 9.17) is 15.5 Å². The molecule has 1 aliphatic rings. The number of aromatic nitrogens is 2. The van der Waals surface area contributed by atoms with Crippen molar-refractivity contribution in [3.63, 3.8) is 0 Å². The van der Waals surface area contributed by atoms with Crippen molar-refractivity contribution >= 4 is 11.0 Å². The Kier molecular flexibility index (Phi) is 4.00. The number of rotatable bonds is 5. The number of hydrogen-bond acceptors (Lipinski definition) is 3. The Morgan fingerprint density at radius 2 is 2.05 bits per heavy atom. The lowest BCUT2D eigenvalue weighted by molar-refractivity contribution is -0.0529. The van der Waals surface area contributed by atoms with E-state index in [2.05, 4.69) is 30.7 Å². The van der Waals surface area contributed by atoms with Gasteiger partial charge in [-0.05, 0) is 31.9 Å². The molecule has 1 aromatic heterocycles. The molecule has 1 fully saturated rings. The van der Waals surface area contributed by atoms with E-state index in [1.54, 1.807) is 0 Å². The SMILES string of the molecule is CCOC1(C(N)Cc2nc3ccccc3n2C)CCCC1. The van der Waals surface area contributed by atoms with E-state index in [1.807, 2.05) is 12.1 Å². The third kappa shape index (κ3) is 2.58. The van der Waals surface area contributed by atoms with Crippen LogP contribution in [0.4, 0.5) is 0 Å². The van der Waals surface area contributed by atoms with Gasteiger partial charge in [0, 0.05) is 26.1 Å². The van der Waals surface area contributed by atoms with Crippen LogP contribution >= 0.6 is 0 Å². The summed E-state index contributed by atoms with van der Waals surface area (Å²) in [4.78, 5) is 4.74. The summed E-state index contributed by atoms with van der Waals surface area (Å²) in [5, 5.41) is 0. The van der Waals surface area contributed by atoms with E-state index < -0.39 is 0 Å². The molecule has 4 nitrogen and oxygen atoms in total. The van der Waals surface area contributed by atoms with Crippen molar-refractivity contribution in [3.05, 3.63) is 30.1 Å². The second-order valence-corrected chi connectivity index (χ2v) is 6.09. The normalized spacial score (nSPS) is 19.2. The first-order valence-corrected chi connectivity index (χ1v) is 7.96. The third-order valence-corrected chi connectivity index (χ3v) is 4.84. The highest BCUT2D eigenvalue weighted by molar-refractivity contribution is 5.75. The van der Waals surface area contributed by atoms with Crippen LogP contribution in [0.1, 0.15) is 38.4 Å². The Labute approximate surface area is 126 Å². The maximum Gasteiger partial charge on any atom is 0.111 e. The van der Waals surface area contributed by atoms with Crippen LogP contribution in [-0.2, 0) is 18.2 Å². The van der Waals surface area contributed by atoms with Gasteiger partial charge in [0.1, 0.15) is 5.82 Å². The van der Waals surface area contributed by atoms with Crippen molar-refractivity contribution in [3.8, 4) is 0 Å². The van der Waals surface area contributed by atoms with Gasteiger partial charge in [-0.25, -0.2) is 4.98 Å². The highest BCUT2D eigenvalue weighted by Crippen LogP contribution is 2.36. The number of fused-ring (bicyclic) bond motifs is 1. The van der Waals surface area contributed by atoms with Crippen molar-refractivity contribution in [2.24, 2.45) is 12.8 Å². The molecule has 4 heteroatoms. The van der Waals surface area contributed by atoms with E-state index in [0.29, 0.717) is 0 Å². The van der Waals surface area contributed by atoms with Crippen LogP contribution in [0.25, 0.3) is 11.0 Å². The molecule has 114 valence electrons.